The Bertz CT molecular complexity index is 817. The van der Waals surface area contributed by atoms with E-state index in [9.17, 15) is 8.78 Å². The summed E-state index contributed by atoms with van der Waals surface area (Å²) in [6.07, 6.45) is 2.63. The zero-order valence-corrected chi connectivity index (χ0v) is 14.9. The maximum Gasteiger partial charge on any atom is 0.525 e. The molecule has 0 atom stereocenters. The van der Waals surface area contributed by atoms with Gasteiger partial charge in [-0.2, -0.15) is 0 Å². The Kier molecular flexibility index (Phi) is 4.29. The van der Waals surface area contributed by atoms with Crippen molar-refractivity contribution in [2.24, 2.45) is 0 Å². The van der Waals surface area contributed by atoms with Gasteiger partial charge in [0.15, 0.2) is 0 Å². The third kappa shape index (κ3) is 3.36. The molecule has 1 aromatic carbocycles. The summed E-state index contributed by atoms with van der Waals surface area (Å²) in [4.78, 5) is 0. The van der Waals surface area contributed by atoms with E-state index >= 15 is 0 Å². The summed E-state index contributed by atoms with van der Waals surface area (Å²) in [5.41, 5.74) is -0.504. The summed E-state index contributed by atoms with van der Waals surface area (Å²) in [6, 6.07) is 4.66. The lowest BCUT2D eigenvalue weighted by atomic mass is 9.87. The lowest BCUT2D eigenvalue weighted by molar-refractivity contribution is 0.00578. The van der Waals surface area contributed by atoms with E-state index < -0.39 is 29.9 Å². The highest BCUT2D eigenvalue weighted by molar-refractivity contribution is 6.54. The van der Waals surface area contributed by atoms with E-state index in [0.29, 0.717) is 0 Å². The maximum absolute atomic E-state index is 14.5. The van der Waals surface area contributed by atoms with E-state index in [2.05, 4.69) is 10.3 Å². The number of nitrogens with zero attached hydrogens (tertiary/aromatic N) is 3. The van der Waals surface area contributed by atoms with Gasteiger partial charge in [-0.15, -0.1) is 5.10 Å². The van der Waals surface area contributed by atoms with Crippen molar-refractivity contribution >= 4 is 13.2 Å². The normalized spacial score (nSPS) is 19.5. The highest BCUT2D eigenvalue weighted by Gasteiger charge is 2.53. The second-order valence-corrected chi connectivity index (χ2v) is 7.16. The van der Waals surface area contributed by atoms with Crippen LogP contribution < -0.4 is 0 Å². The Labute approximate surface area is 145 Å². The molecular weight excluding hydrogens is 327 g/mol. The highest BCUT2D eigenvalue weighted by Crippen LogP contribution is 2.39. The lowest BCUT2D eigenvalue weighted by Gasteiger charge is -2.32. The molecule has 1 aliphatic rings. The molecule has 0 bridgehead atoms. The van der Waals surface area contributed by atoms with Gasteiger partial charge in [-0.25, -0.2) is 13.5 Å². The van der Waals surface area contributed by atoms with Crippen LogP contribution in [0.2, 0.25) is 0 Å². The van der Waals surface area contributed by atoms with E-state index in [0.717, 1.165) is 5.56 Å². The molecule has 0 aliphatic carbocycles. The summed E-state index contributed by atoms with van der Waals surface area (Å²) in [5, 5.41) is 7.73. The molecule has 0 N–H and O–H groups in total. The van der Waals surface area contributed by atoms with Gasteiger partial charge in [0.2, 0.25) is 0 Å². The van der Waals surface area contributed by atoms with Gasteiger partial charge >= 0.3 is 7.12 Å². The number of hydrogen-bond acceptors (Lipinski definition) is 4. The van der Waals surface area contributed by atoms with Crippen LogP contribution in [-0.4, -0.2) is 33.3 Å². The smallest absolute Gasteiger partial charge is 0.398 e. The quantitative estimate of drug-likeness (QED) is 0.796. The molecule has 5 nitrogen and oxygen atoms in total. The third-order valence-corrected chi connectivity index (χ3v) is 4.62. The van der Waals surface area contributed by atoms with Gasteiger partial charge in [-0.1, -0.05) is 11.3 Å². The Morgan fingerprint density at radius 1 is 1.20 bits per heavy atom. The number of halogens is 2. The SMILES string of the molecule is Cc1ccc(F)c(-n2cc(C=C(F)B3OC(C)(C)C(C)(C)O3)nn2)c1. The van der Waals surface area contributed by atoms with Crippen LogP contribution in [0.3, 0.4) is 0 Å². The van der Waals surface area contributed by atoms with Crippen molar-refractivity contribution in [1.29, 1.82) is 0 Å². The van der Waals surface area contributed by atoms with Crippen LogP contribution in [0.25, 0.3) is 11.8 Å². The van der Waals surface area contributed by atoms with Crippen LogP contribution in [0.5, 0.6) is 0 Å². The van der Waals surface area contributed by atoms with Crippen molar-refractivity contribution in [2.45, 2.75) is 45.8 Å². The Morgan fingerprint density at radius 3 is 2.48 bits per heavy atom. The highest BCUT2D eigenvalue weighted by atomic mass is 19.1. The number of benzene rings is 1. The Morgan fingerprint density at radius 2 is 1.84 bits per heavy atom. The fourth-order valence-electron chi connectivity index (χ4n) is 2.42. The summed E-state index contributed by atoms with van der Waals surface area (Å²) in [7, 11) is -1.11. The molecule has 0 radical (unpaired) electrons. The molecule has 2 aromatic rings. The molecule has 1 fully saturated rings. The third-order valence-electron chi connectivity index (χ3n) is 4.62. The van der Waals surface area contributed by atoms with Crippen LogP contribution >= 0.6 is 0 Å². The van der Waals surface area contributed by atoms with E-state index in [1.54, 1.807) is 12.1 Å². The van der Waals surface area contributed by atoms with Crippen molar-refractivity contribution in [3.05, 3.63) is 47.2 Å². The largest absolute Gasteiger partial charge is 0.525 e. The van der Waals surface area contributed by atoms with Crippen LogP contribution in [-0.2, 0) is 9.31 Å². The van der Waals surface area contributed by atoms with Crippen LogP contribution in [0, 0.1) is 12.7 Å². The van der Waals surface area contributed by atoms with Gasteiger partial charge in [0, 0.05) is 0 Å². The minimum absolute atomic E-state index is 0.244. The molecule has 2 heterocycles. The van der Waals surface area contributed by atoms with E-state index in [4.69, 9.17) is 9.31 Å². The fraction of sp³-hybridized carbons (Fsp3) is 0.412. The second kappa shape index (κ2) is 6.03. The minimum Gasteiger partial charge on any atom is -0.398 e. The van der Waals surface area contributed by atoms with Gasteiger partial charge in [-0.05, 0) is 58.4 Å². The second-order valence-electron chi connectivity index (χ2n) is 7.16. The van der Waals surface area contributed by atoms with Crippen molar-refractivity contribution < 1.29 is 18.1 Å². The molecule has 1 aliphatic heterocycles. The average molecular weight is 347 g/mol. The first-order valence-electron chi connectivity index (χ1n) is 8.01. The molecule has 25 heavy (non-hydrogen) atoms. The van der Waals surface area contributed by atoms with E-state index in [-0.39, 0.29) is 11.4 Å². The summed E-state index contributed by atoms with van der Waals surface area (Å²) < 4.78 is 41.0. The monoisotopic (exact) mass is 347 g/mol. The predicted molar refractivity (Wildman–Crippen MR) is 91.2 cm³/mol. The van der Waals surface area contributed by atoms with Crippen molar-refractivity contribution in [3.63, 3.8) is 0 Å². The molecule has 1 saturated heterocycles. The average Bonchev–Trinajstić information content (AvgIpc) is 3.04. The van der Waals surface area contributed by atoms with Gasteiger partial charge in [0.05, 0.1) is 17.4 Å². The molecule has 0 saturated carbocycles. The lowest BCUT2D eigenvalue weighted by Crippen LogP contribution is -2.41. The standard InChI is InChI=1S/C17H20BF2N3O2/c1-11-6-7-13(19)14(8-11)23-10-12(21-22-23)9-15(20)18-24-16(2,3)17(4,5)25-18/h6-10H,1-5H3. The Balaban J connectivity index is 1.84. The number of hydrogen-bond donors (Lipinski definition) is 0. The zero-order chi connectivity index (χ0) is 18.4. The van der Waals surface area contributed by atoms with E-state index in [1.807, 2.05) is 34.6 Å². The van der Waals surface area contributed by atoms with Crippen LogP contribution in [0.4, 0.5) is 8.78 Å². The first-order valence-corrected chi connectivity index (χ1v) is 8.01. The minimum atomic E-state index is -1.11. The van der Waals surface area contributed by atoms with Crippen LogP contribution in [0.15, 0.2) is 30.1 Å². The van der Waals surface area contributed by atoms with E-state index in [1.165, 1.54) is 23.0 Å². The molecule has 8 heteroatoms. The van der Waals surface area contributed by atoms with Crippen molar-refractivity contribution in [1.82, 2.24) is 15.0 Å². The fourth-order valence-corrected chi connectivity index (χ4v) is 2.42. The van der Waals surface area contributed by atoms with Crippen LogP contribution in [0.1, 0.15) is 39.0 Å². The predicted octanol–water partition coefficient (Wildman–Crippen LogP) is 3.66. The Hall–Kier alpha value is -2.06. The molecule has 132 valence electrons. The van der Waals surface area contributed by atoms with Gasteiger partial charge in [-0.3, -0.25) is 0 Å². The maximum atomic E-state index is 14.5. The molecule has 1 aromatic heterocycles. The van der Waals surface area contributed by atoms with Crippen molar-refractivity contribution in [2.75, 3.05) is 0 Å². The summed E-state index contributed by atoms with van der Waals surface area (Å²) in [6.45, 7) is 9.22. The topological polar surface area (TPSA) is 49.2 Å². The van der Waals surface area contributed by atoms with Gasteiger partial charge < -0.3 is 9.31 Å². The summed E-state index contributed by atoms with van der Waals surface area (Å²) >= 11 is 0. The molecule has 0 amide bonds. The molecule has 0 unspecified atom stereocenters. The number of aromatic nitrogens is 3. The van der Waals surface area contributed by atoms with Crippen molar-refractivity contribution in [3.8, 4) is 5.69 Å². The number of rotatable bonds is 3. The summed E-state index contributed by atoms with van der Waals surface area (Å²) in [5.74, 6) is -0.433. The molecular formula is C17H20BF2N3O2. The first-order chi connectivity index (χ1) is 11.6. The zero-order valence-electron chi connectivity index (χ0n) is 14.9. The number of aryl methyl sites for hydroxylation is 1. The molecule has 3 rings (SSSR count). The first kappa shape index (κ1) is 17.8. The van der Waals surface area contributed by atoms with Gasteiger partial charge in [0.25, 0.3) is 0 Å². The molecule has 0 spiro atoms. The van der Waals surface area contributed by atoms with Gasteiger partial charge in [0.1, 0.15) is 22.9 Å².